The maximum absolute atomic E-state index is 13.8. The fourth-order valence-corrected chi connectivity index (χ4v) is 5.96. The molecule has 0 unspecified atom stereocenters. The van der Waals surface area contributed by atoms with Crippen LogP contribution < -0.4 is 14.9 Å². The Morgan fingerprint density at radius 2 is 1.88 bits per heavy atom. The number of furan rings is 1. The maximum Gasteiger partial charge on any atom is 0.339 e. The van der Waals surface area contributed by atoms with Gasteiger partial charge in [0.25, 0.3) is 5.56 Å². The van der Waals surface area contributed by atoms with Gasteiger partial charge in [0.05, 0.1) is 40.1 Å². The second-order valence-corrected chi connectivity index (χ2v) is 10.5. The van der Waals surface area contributed by atoms with Crippen LogP contribution >= 0.6 is 34.5 Å². The lowest BCUT2D eigenvalue weighted by Gasteiger charge is -2.25. The third kappa shape index (κ3) is 5.03. The van der Waals surface area contributed by atoms with E-state index in [1.807, 2.05) is 0 Å². The van der Waals surface area contributed by atoms with Crippen LogP contribution in [0.1, 0.15) is 41.6 Å². The van der Waals surface area contributed by atoms with Gasteiger partial charge in [0.2, 0.25) is 0 Å². The van der Waals surface area contributed by atoms with E-state index in [2.05, 4.69) is 4.99 Å². The molecule has 0 bridgehead atoms. The fourth-order valence-electron chi connectivity index (χ4n) is 4.44. The van der Waals surface area contributed by atoms with Gasteiger partial charge in [0, 0.05) is 16.7 Å². The fraction of sp³-hybridized carbons (Fsp3) is 0.172. The van der Waals surface area contributed by atoms with Gasteiger partial charge in [0.1, 0.15) is 17.6 Å². The zero-order chi connectivity index (χ0) is 28.6. The largest absolute Gasteiger partial charge is 0.465 e. The first-order valence-corrected chi connectivity index (χ1v) is 13.7. The van der Waals surface area contributed by atoms with Gasteiger partial charge in [-0.25, -0.2) is 14.6 Å². The average molecular weight is 597 g/mol. The van der Waals surface area contributed by atoms with Crippen molar-refractivity contribution in [2.24, 2.45) is 4.99 Å². The predicted octanol–water partition coefficient (Wildman–Crippen LogP) is 5.15. The first kappa shape index (κ1) is 27.6. The second-order valence-electron chi connectivity index (χ2n) is 8.71. The molecule has 0 saturated heterocycles. The molecule has 2 aromatic carbocycles. The lowest BCUT2D eigenvalue weighted by atomic mass is 9.96. The molecule has 2 aromatic heterocycles. The molecule has 1 aliphatic heterocycles. The maximum atomic E-state index is 13.8. The minimum atomic E-state index is -0.811. The van der Waals surface area contributed by atoms with E-state index in [4.69, 9.17) is 37.1 Å². The van der Waals surface area contributed by atoms with E-state index in [0.717, 1.165) is 0 Å². The molecule has 204 valence electrons. The highest BCUT2D eigenvalue weighted by Gasteiger charge is 2.34. The van der Waals surface area contributed by atoms with Gasteiger partial charge in [-0.05, 0) is 49.7 Å². The number of nitrogens with zero attached hydrogens (tertiary/aromatic N) is 2. The molecule has 1 atom stereocenters. The van der Waals surface area contributed by atoms with Crippen LogP contribution in [0.4, 0.5) is 0 Å². The van der Waals surface area contributed by atoms with Crippen LogP contribution in [0.3, 0.4) is 0 Å². The highest BCUT2D eigenvalue weighted by atomic mass is 35.5. The molecule has 3 heterocycles. The summed E-state index contributed by atoms with van der Waals surface area (Å²) in [4.78, 5) is 43.6. The van der Waals surface area contributed by atoms with Gasteiger partial charge in [-0.15, -0.1) is 0 Å². The van der Waals surface area contributed by atoms with Crippen molar-refractivity contribution in [1.82, 2.24) is 4.57 Å². The van der Waals surface area contributed by atoms with E-state index in [1.54, 1.807) is 74.5 Å². The minimum absolute atomic E-state index is 0.173. The summed E-state index contributed by atoms with van der Waals surface area (Å²) < 4.78 is 17.8. The predicted molar refractivity (Wildman–Crippen MR) is 152 cm³/mol. The number of aromatic nitrogens is 1. The van der Waals surface area contributed by atoms with Crippen LogP contribution in [-0.2, 0) is 14.3 Å². The van der Waals surface area contributed by atoms with Crippen molar-refractivity contribution in [3.05, 3.63) is 112 Å². The molecular formula is C29H22Cl2N2O6S. The van der Waals surface area contributed by atoms with Crippen LogP contribution in [0.2, 0.25) is 10.0 Å². The van der Waals surface area contributed by atoms with E-state index in [1.165, 1.54) is 23.0 Å². The number of esters is 2. The van der Waals surface area contributed by atoms with Gasteiger partial charge < -0.3 is 13.9 Å². The van der Waals surface area contributed by atoms with E-state index in [0.29, 0.717) is 42.7 Å². The zero-order valence-electron chi connectivity index (χ0n) is 21.6. The molecule has 40 heavy (non-hydrogen) atoms. The van der Waals surface area contributed by atoms with Crippen molar-refractivity contribution in [3.8, 4) is 11.3 Å². The summed E-state index contributed by atoms with van der Waals surface area (Å²) in [5.41, 5.74) is 1.82. The van der Waals surface area contributed by atoms with Crippen LogP contribution in [0.5, 0.6) is 0 Å². The molecule has 0 fully saturated rings. The Morgan fingerprint density at radius 1 is 1.10 bits per heavy atom. The normalized spacial score (nSPS) is 15.0. The zero-order valence-corrected chi connectivity index (χ0v) is 23.9. The number of methoxy groups -OCH3 is 1. The van der Waals surface area contributed by atoms with Gasteiger partial charge in [-0.3, -0.25) is 9.36 Å². The minimum Gasteiger partial charge on any atom is -0.465 e. The van der Waals surface area contributed by atoms with Crippen LogP contribution in [0.15, 0.2) is 80.1 Å². The number of allylic oxidation sites excluding steroid dienone is 1. The summed E-state index contributed by atoms with van der Waals surface area (Å²) >= 11 is 14.0. The number of thiazole rings is 1. The summed E-state index contributed by atoms with van der Waals surface area (Å²) in [5, 5.41) is 0.633. The number of fused-ring (bicyclic) bond motifs is 1. The summed E-state index contributed by atoms with van der Waals surface area (Å²) in [6.07, 6.45) is 1.62. The van der Waals surface area contributed by atoms with E-state index in [-0.39, 0.29) is 28.3 Å². The molecule has 1 aliphatic rings. The van der Waals surface area contributed by atoms with Crippen molar-refractivity contribution < 1.29 is 23.5 Å². The standard InChI is InChI=1S/C29H22Cl2N2O6S/c1-4-38-28(36)24-15(2)32-29-33(25(24)18-7-5-6-8-20(18)30)26(34)23(40-29)14-17-10-12-22(39-17)16-9-11-19(21(31)13-16)27(35)37-3/h5-14,25H,4H2,1-3H3/b23-14-/t25-/m1/s1. The van der Waals surface area contributed by atoms with Gasteiger partial charge >= 0.3 is 11.9 Å². The Kier molecular flexibility index (Phi) is 7.80. The Bertz CT molecular complexity index is 1870. The number of hydrogen-bond acceptors (Lipinski definition) is 8. The van der Waals surface area contributed by atoms with Crippen LogP contribution in [0.25, 0.3) is 17.4 Å². The Morgan fingerprint density at radius 3 is 2.58 bits per heavy atom. The first-order valence-electron chi connectivity index (χ1n) is 12.2. The molecule has 0 spiro atoms. The van der Waals surface area contributed by atoms with Crippen molar-refractivity contribution in [2.45, 2.75) is 19.9 Å². The van der Waals surface area contributed by atoms with Crippen LogP contribution in [0, 0.1) is 0 Å². The van der Waals surface area contributed by atoms with Crippen molar-refractivity contribution in [3.63, 3.8) is 0 Å². The van der Waals surface area contributed by atoms with Crippen molar-refractivity contribution >= 4 is 52.6 Å². The third-order valence-electron chi connectivity index (χ3n) is 6.28. The molecular weight excluding hydrogens is 575 g/mol. The quantitative estimate of drug-likeness (QED) is 0.285. The molecule has 0 amide bonds. The molecule has 4 aromatic rings. The lowest BCUT2D eigenvalue weighted by Crippen LogP contribution is -2.40. The van der Waals surface area contributed by atoms with E-state index in [9.17, 15) is 14.4 Å². The van der Waals surface area contributed by atoms with Gasteiger partial charge in [0.15, 0.2) is 4.80 Å². The highest BCUT2D eigenvalue weighted by Crippen LogP contribution is 2.34. The number of carbonyl (C=O) groups is 2. The second kappa shape index (κ2) is 11.3. The molecule has 0 N–H and O–H groups in total. The monoisotopic (exact) mass is 596 g/mol. The molecule has 0 saturated carbocycles. The number of ether oxygens (including phenoxy) is 2. The van der Waals surface area contributed by atoms with Gasteiger partial charge in [-0.2, -0.15) is 0 Å². The Labute approximate surface area is 242 Å². The van der Waals surface area contributed by atoms with Crippen LogP contribution in [-0.4, -0.2) is 30.2 Å². The summed E-state index contributed by atoms with van der Waals surface area (Å²) in [5.74, 6) is -0.185. The van der Waals surface area contributed by atoms with E-state index >= 15 is 0 Å². The number of hydrogen-bond donors (Lipinski definition) is 0. The molecule has 5 rings (SSSR count). The van der Waals surface area contributed by atoms with Crippen molar-refractivity contribution in [2.75, 3.05) is 13.7 Å². The number of carbonyl (C=O) groups excluding carboxylic acids is 2. The number of halogens is 2. The highest BCUT2D eigenvalue weighted by molar-refractivity contribution is 7.07. The Hall–Kier alpha value is -3.92. The molecule has 8 nitrogen and oxygen atoms in total. The topological polar surface area (TPSA) is 100 Å². The van der Waals surface area contributed by atoms with E-state index < -0.39 is 18.0 Å². The number of benzene rings is 2. The number of rotatable bonds is 6. The van der Waals surface area contributed by atoms with Gasteiger partial charge in [-0.1, -0.05) is 58.8 Å². The smallest absolute Gasteiger partial charge is 0.339 e. The third-order valence-corrected chi connectivity index (χ3v) is 7.92. The molecule has 0 aliphatic carbocycles. The Balaban J connectivity index is 1.59. The average Bonchev–Trinajstić information content (AvgIpc) is 3.52. The SMILES string of the molecule is CCOC(=O)C1=C(C)N=c2s/c(=C\c3ccc(-c4ccc(C(=O)OC)c(Cl)c4)o3)c(=O)n2[C@@H]1c1ccccc1Cl. The summed E-state index contributed by atoms with van der Waals surface area (Å²) in [6, 6.07) is 14.6. The summed E-state index contributed by atoms with van der Waals surface area (Å²) in [6.45, 7) is 3.60. The molecule has 0 radical (unpaired) electrons. The van der Waals surface area contributed by atoms with Crippen molar-refractivity contribution in [1.29, 1.82) is 0 Å². The summed E-state index contributed by atoms with van der Waals surface area (Å²) in [7, 11) is 1.28. The first-order chi connectivity index (χ1) is 19.2. The lowest BCUT2D eigenvalue weighted by molar-refractivity contribution is -0.139. The molecule has 11 heteroatoms.